The molecule has 0 saturated heterocycles. The van der Waals surface area contributed by atoms with Gasteiger partial charge in [-0.2, -0.15) is 5.10 Å². The minimum absolute atomic E-state index is 0.0543. The van der Waals surface area contributed by atoms with Gasteiger partial charge in [0, 0.05) is 23.0 Å². The molecule has 0 spiro atoms. The second kappa shape index (κ2) is 5.71. The van der Waals surface area contributed by atoms with E-state index in [-0.39, 0.29) is 10.8 Å². The van der Waals surface area contributed by atoms with Gasteiger partial charge in [-0.15, -0.1) is 0 Å². The largest absolute Gasteiger partial charge is 0.506 e. The number of nitrogens with one attached hydrogen (secondary N) is 1. The summed E-state index contributed by atoms with van der Waals surface area (Å²) in [5, 5.41) is 14.3. The molecule has 0 fully saturated rings. The number of hydrazone groups is 1. The van der Waals surface area contributed by atoms with Gasteiger partial charge in [-0.25, -0.2) is 0 Å². The Kier molecular flexibility index (Phi) is 4.02. The summed E-state index contributed by atoms with van der Waals surface area (Å²) >= 11 is 11.6. The highest BCUT2D eigenvalue weighted by atomic mass is 35.5. The lowest BCUT2D eigenvalue weighted by atomic mass is 10.2. The number of benzene rings is 1. The van der Waals surface area contributed by atoms with Crippen molar-refractivity contribution >= 4 is 35.1 Å². The normalized spacial score (nSPS) is 10.8. The zero-order valence-corrected chi connectivity index (χ0v) is 10.7. The Morgan fingerprint density at radius 1 is 1.22 bits per heavy atom. The molecule has 2 aromatic rings. The molecule has 0 aliphatic heterocycles. The third-order valence-electron chi connectivity index (χ3n) is 2.14. The van der Waals surface area contributed by atoms with Crippen molar-refractivity contribution in [2.75, 3.05) is 5.43 Å². The van der Waals surface area contributed by atoms with Crippen LogP contribution in [0.5, 0.6) is 5.75 Å². The van der Waals surface area contributed by atoms with Crippen molar-refractivity contribution < 1.29 is 5.11 Å². The van der Waals surface area contributed by atoms with Crippen molar-refractivity contribution in [1.29, 1.82) is 0 Å². The number of phenols is 1. The highest BCUT2D eigenvalue weighted by Crippen LogP contribution is 2.29. The Bertz CT molecular complexity index is 573. The van der Waals surface area contributed by atoms with Gasteiger partial charge in [0.05, 0.1) is 16.9 Å². The average molecular weight is 282 g/mol. The van der Waals surface area contributed by atoms with Crippen LogP contribution < -0.4 is 5.43 Å². The summed E-state index contributed by atoms with van der Waals surface area (Å²) in [5.41, 5.74) is 4.02. The predicted octanol–water partition coefficient (Wildman–Crippen LogP) is 3.54. The molecule has 0 bridgehead atoms. The topological polar surface area (TPSA) is 57.5 Å². The van der Waals surface area contributed by atoms with Crippen molar-refractivity contribution in [2.45, 2.75) is 0 Å². The summed E-state index contributed by atoms with van der Waals surface area (Å²) in [6.45, 7) is 0. The fourth-order valence-electron chi connectivity index (χ4n) is 1.29. The van der Waals surface area contributed by atoms with E-state index in [1.54, 1.807) is 30.6 Å². The predicted molar refractivity (Wildman–Crippen MR) is 73.6 cm³/mol. The molecule has 6 heteroatoms. The number of anilines is 1. The first-order valence-corrected chi connectivity index (χ1v) is 5.79. The van der Waals surface area contributed by atoms with Gasteiger partial charge >= 0.3 is 0 Å². The van der Waals surface area contributed by atoms with Crippen molar-refractivity contribution in [3.63, 3.8) is 0 Å². The summed E-state index contributed by atoms with van der Waals surface area (Å²) in [6.07, 6.45) is 4.73. The Morgan fingerprint density at radius 3 is 2.67 bits per heavy atom. The summed E-state index contributed by atoms with van der Waals surface area (Å²) in [4.78, 5) is 3.88. The van der Waals surface area contributed by atoms with Crippen molar-refractivity contribution in [2.24, 2.45) is 5.10 Å². The van der Waals surface area contributed by atoms with Gasteiger partial charge in [-0.1, -0.05) is 23.2 Å². The fourth-order valence-corrected chi connectivity index (χ4v) is 1.80. The third-order valence-corrected chi connectivity index (χ3v) is 2.64. The molecule has 0 saturated carbocycles. The smallest absolute Gasteiger partial charge is 0.143 e. The first-order chi connectivity index (χ1) is 8.66. The van der Waals surface area contributed by atoms with Crippen LogP contribution in [0.1, 0.15) is 5.56 Å². The van der Waals surface area contributed by atoms with Gasteiger partial charge < -0.3 is 5.11 Å². The molecule has 2 rings (SSSR count). The molecular formula is C12H9Cl2N3O. The number of nitrogens with zero attached hydrogens (tertiary/aromatic N) is 2. The minimum atomic E-state index is -0.0543. The van der Waals surface area contributed by atoms with E-state index in [0.717, 1.165) is 5.69 Å². The molecule has 2 N–H and O–H groups in total. The van der Waals surface area contributed by atoms with E-state index in [1.807, 2.05) is 0 Å². The van der Waals surface area contributed by atoms with E-state index in [0.29, 0.717) is 10.6 Å². The molecule has 0 atom stereocenters. The number of hydrogen-bond acceptors (Lipinski definition) is 4. The summed E-state index contributed by atoms with van der Waals surface area (Å²) in [7, 11) is 0. The average Bonchev–Trinajstić information content (AvgIpc) is 2.36. The number of phenolic OH excluding ortho intramolecular Hbond substituents is 1. The second-order valence-corrected chi connectivity index (χ2v) is 4.27. The molecule has 92 valence electrons. The van der Waals surface area contributed by atoms with Crippen LogP contribution in [0.25, 0.3) is 0 Å². The highest BCUT2D eigenvalue weighted by Gasteiger charge is 2.05. The number of rotatable bonds is 3. The lowest BCUT2D eigenvalue weighted by Crippen LogP contribution is -1.91. The number of hydrogen-bond donors (Lipinski definition) is 2. The van der Waals surface area contributed by atoms with E-state index in [9.17, 15) is 5.11 Å². The standard InChI is InChI=1S/C12H9Cl2N3O/c13-9-5-8(12(18)11(14)6-9)7-16-17-10-1-3-15-4-2-10/h1-7,18H,(H,15,17). The van der Waals surface area contributed by atoms with Crippen molar-refractivity contribution in [3.8, 4) is 5.75 Å². The molecule has 0 aliphatic rings. The van der Waals surface area contributed by atoms with E-state index in [1.165, 1.54) is 12.3 Å². The van der Waals surface area contributed by atoms with Crippen LogP contribution in [0.3, 0.4) is 0 Å². The lowest BCUT2D eigenvalue weighted by Gasteiger charge is -2.03. The maximum atomic E-state index is 9.70. The molecule has 1 aromatic carbocycles. The second-order valence-electron chi connectivity index (χ2n) is 3.43. The molecule has 0 amide bonds. The van der Waals surface area contributed by atoms with Gasteiger partial charge in [0.1, 0.15) is 5.75 Å². The molecule has 4 nitrogen and oxygen atoms in total. The maximum absolute atomic E-state index is 9.70. The summed E-state index contributed by atoms with van der Waals surface area (Å²) in [5.74, 6) is -0.0543. The SMILES string of the molecule is Oc1c(Cl)cc(Cl)cc1C=NNc1ccncc1. The summed E-state index contributed by atoms with van der Waals surface area (Å²) in [6, 6.07) is 6.57. The molecule has 1 heterocycles. The monoisotopic (exact) mass is 281 g/mol. The zero-order valence-electron chi connectivity index (χ0n) is 9.14. The first kappa shape index (κ1) is 12.7. The van der Waals surface area contributed by atoms with Crippen LogP contribution in [0.15, 0.2) is 41.8 Å². The molecule has 18 heavy (non-hydrogen) atoms. The van der Waals surface area contributed by atoms with Crippen molar-refractivity contribution in [3.05, 3.63) is 52.3 Å². The van der Waals surface area contributed by atoms with Gasteiger partial charge in [0.25, 0.3) is 0 Å². The van der Waals surface area contributed by atoms with Crippen LogP contribution in [-0.4, -0.2) is 16.3 Å². The lowest BCUT2D eigenvalue weighted by molar-refractivity contribution is 0.475. The third kappa shape index (κ3) is 3.12. The quantitative estimate of drug-likeness (QED) is 0.668. The Hall–Kier alpha value is -1.78. The van der Waals surface area contributed by atoms with Gasteiger partial charge in [0.2, 0.25) is 0 Å². The molecule has 0 aliphatic carbocycles. The van der Waals surface area contributed by atoms with Crippen LogP contribution >= 0.6 is 23.2 Å². The maximum Gasteiger partial charge on any atom is 0.143 e. The minimum Gasteiger partial charge on any atom is -0.506 e. The van der Waals surface area contributed by atoms with Crippen LogP contribution in [0.4, 0.5) is 5.69 Å². The highest BCUT2D eigenvalue weighted by molar-refractivity contribution is 6.36. The number of halogens is 2. The summed E-state index contributed by atoms with van der Waals surface area (Å²) < 4.78 is 0. The van der Waals surface area contributed by atoms with E-state index < -0.39 is 0 Å². The van der Waals surface area contributed by atoms with Crippen LogP contribution in [0, 0.1) is 0 Å². The zero-order chi connectivity index (χ0) is 13.0. The van der Waals surface area contributed by atoms with Crippen LogP contribution in [0.2, 0.25) is 10.0 Å². The van der Waals surface area contributed by atoms with Gasteiger partial charge in [-0.3, -0.25) is 10.4 Å². The number of pyridine rings is 1. The number of aromatic hydroxyl groups is 1. The molecule has 0 radical (unpaired) electrons. The molecular weight excluding hydrogens is 273 g/mol. The number of aromatic nitrogens is 1. The fraction of sp³-hybridized carbons (Fsp3) is 0. The molecule has 1 aromatic heterocycles. The Labute approximate surface area is 114 Å². The van der Waals surface area contributed by atoms with Gasteiger partial charge in [-0.05, 0) is 24.3 Å². The van der Waals surface area contributed by atoms with E-state index in [2.05, 4.69) is 15.5 Å². The Morgan fingerprint density at radius 2 is 1.94 bits per heavy atom. The Balaban J connectivity index is 2.15. The van der Waals surface area contributed by atoms with E-state index in [4.69, 9.17) is 23.2 Å². The van der Waals surface area contributed by atoms with Crippen molar-refractivity contribution in [1.82, 2.24) is 4.98 Å². The van der Waals surface area contributed by atoms with E-state index >= 15 is 0 Å². The first-order valence-electron chi connectivity index (χ1n) is 5.04. The van der Waals surface area contributed by atoms with Crippen LogP contribution in [-0.2, 0) is 0 Å². The van der Waals surface area contributed by atoms with Gasteiger partial charge in [0.15, 0.2) is 0 Å². The molecule has 0 unspecified atom stereocenters.